The molecule has 1 atom stereocenters. The van der Waals surface area contributed by atoms with Crippen molar-refractivity contribution in [3.63, 3.8) is 0 Å². The number of nitrogens with two attached hydrogens (primary N) is 1. The molecule has 0 heterocycles. The first-order valence-electron chi connectivity index (χ1n) is 7.04. The Morgan fingerprint density at radius 3 is 2.48 bits per heavy atom. The normalized spacial score (nSPS) is 15.1. The van der Waals surface area contributed by atoms with Crippen molar-refractivity contribution in [2.75, 3.05) is 20.2 Å². The standard InChI is InChI=1S/C15H21N3O3/c1-21-12-6-4-11(5-7-12)15(10-2-3-10)18-14(20)9-17-13(19)8-16/h4-7,10,15H,2-3,8-9,16H2,1H3,(H,17,19)(H,18,20). The Bertz CT molecular complexity index is 497. The smallest absolute Gasteiger partial charge is 0.239 e. The van der Waals surface area contributed by atoms with E-state index in [2.05, 4.69) is 10.6 Å². The lowest BCUT2D eigenvalue weighted by Gasteiger charge is -2.19. The van der Waals surface area contributed by atoms with E-state index in [1.165, 1.54) is 0 Å². The first-order valence-corrected chi connectivity index (χ1v) is 7.04. The fraction of sp³-hybridized carbons (Fsp3) is 0.467. The maximum Gasteiger partial charge on any atom is 0.239 e. The summed E-state index contributed by atoms with van der Waals surface area (Å²) >= 11 is 0. The molecule has 0 saturated heterocycles. The maximum absolute atomic E-state index is 11.9. The van der Waals surface area contributed by atoms with Crippen LogP contribution in [0, 0.1) is 5.92 Å². The zero-order valence-electron chi connectivity index (χ0n) is 12.1. The zero-order chi connectivity index (χ0) is 15.2. The highest BCUT2D eigenvalue weighted by molar-refractivity contribution is 5.85. The number of hydrogen-bond acceptors (Lipinski definition) is 4. The Kier molecular flexibility index (Phi) is 5.16. The molecule has 4 N–H and O–H groups in total. The molecule has 0 bridgehead atoms. The topological polar surface area (TPSA) is 93.5 Å². The van der Waals surface area contributed by atoms with Gasteiger partial charge in [0, 0.05) is 0 Å². The second-order valence-electron chi connectivity index (χ2n) is 5.14. The van der Waals surface area contributed by atoms with Gasteiger partial charge in [-0.1, -0.05) is 12.1 Å². The lowest BCUT2D eigenvalue weighted by atomic mass is 10.0. The van der Waals surface area contributed by atoms with Gasteiger partial charge in [0.2, 0.25) is 11.8 Å². The van der Waals surface area contributed by atoms with Crippen molar-refractivity contribution in [2.45, 2.75) is 18.9 Å². The van der Waals surface area contributed by atoms with E-state index in [-0.39, 0.29) is 30.9 Å². The summed E-state index contributed by atoms with van der Waals surface area (Å²) in [5, 5.41) is 5.45. The highest BCUT2D eigenvalue weighted by atomic mass is 16.5. The quantitative estimate of drug-likeness (QED) is 0.675. The van der Waals surface area contributed by atoms with Gasteiger partial charge < -0.3 is 21.1 Å². The van der Waals surface area contributed by atoms with Crippen molar-refractivity contribution in [3.05, 3.63) is 29.8 Å². The number of carbonyl (C=O) groups is 2. The summed E-state index contributed by atoms with van der Waals surface area (Å²) in [6.07, 6.45) is 2.21. The summed E-state index contributed by atoms with van der Waals surface area (Å²) in [6.45, 7) is -0.160. The van der Waals surface area contributed by atoms with Gasteiger partial charge in [-0.2, -0.15) is 0 Å². The molecule has 1 aliphatic rings. The van der Waals surface area contributed by atoms with Crippen molar-refractivity contribution in [3.8, 4) is 5.75 Å². The van der Waals surface area contributed by atoms with Crippen LogP contribution in [-0.4, -0.2) is 32.0 Å². The Morgan fingerprint density at radius 2 is 1.95 bits per heavy atom. The number of carbonyl (C=O) groups excluding carboxylic acids is 2. The molecule has 1 fully saturated rings. The van der Waals surface area contributed by atoms with Crippen molar-refractivity contribution in [2.24, 2.45) is 11.7 Å². The minimum atomic E-state index is -0.336. The van der Waals surface area contributed by atoms with Gasteiger partial charge in [0.15, 0.2) is 0 Å². The molecule has 0 aromatic heterocycles. The Labute approximate surface area is 124 Å². The average molecular weight is 291 g/mol. The number of rotatable bonds is 7. The number of nitrogens with one attached hydrogen (secondary N) is 2. The average Bonchev–Trinajstić information content (AvgIpc) is 3.35. The predicted octanol–water partition coefficient (Wildman–Crippen LogP) is 0.337. The minimum Gasteiger partial charge on any atom is -0.497 e. The van der Waals surface area contributed by atoms with Gasteiger partial charge in [-0.15, -0.1) is 0 Å². The van der Waals surface area contributed by atoms with E-state index < -0.39 is 0 Å². The van der Waals surface area contributed by atoms with Gasteiger partial charge in [0.05, 0.1) is 26.2 Å². The maximum atomic E-state index is 11.9. The number of methoxy groups -OCH3 is 1. The van der Waals surface area contributed by atoms with Crippen LogP contribution < -0.4 is 21.1 Å². The lowest BCUT2D eigenvalue weighted by Crippen LogP contribution is -2.41. The third kappa shape index (κ3) is 4.46. The number of ether oxygens (including phenoxy) is 1. The SMILES string of the molecule is COc1ccc(C(NC(=O)CNC(=O)CN)C2CC2)cc1. The molecule has 0 radical (unpaired) electrons. The van der Waals surface area contributed by atoms with Gasteiger partial charge in [-0.05, 0) is 36.5 Å². The monoisotopic (exact) mass is 291 g/mol. The van der Waals surface area contributed by atoms with E-state index in [1.54, 1.807) is 7.11 Å². The number of amides is 2. The lowest BCUT2D eigenvalue weighted by molar-refractivity contribution is -0.125. The molecule has 6 heteroatoms. The predicted molar refractivity (Wildman–Crippen MR) is 78.7 cm³/mol. The van der Waals surface area contributed by atoms with Crippen molar-refractivity contribution < 1.29 is 14.3 Å². The molecule has 2 amide bonds. The molecule has 0 aliphatic heterocycles. The highest BCUT2D eigenvalue weighted by Crippen LogP contribution is 2.41. The third-order valence-electron chi connectivity index (χ3n) is 3.52. The molecule has 2 rings (SSSR count). The number of benzene rings is 1. The van der Waals surface area contributed by atoms with Gasteiger partial charge >= 0.3 is 0 Å². The summed E-state index contributed by atoms with van der Waals surface area (Å²) in [7, 11) is 1.62. The van der Waals surface area contributed by atoms with E-state index in [0.717, 1.165) is 24.2 Å². The van der Waals surface area contributed by atoms with E-state index in [1.807, 2.05) is 24.3 Å². The zero-order valence-corrected chi connectivity index (χ0v) is 12.1. The van der Waals surface area contributed by atoms with Crippen LogP contribution >= 0.6 is 0 Å². The molecule has 0 spiro atoms. The van der Waals surface area contributed by atoms with Crippen LogP contribution in [0.1, 0.15) is 24.4 Å². The van der Waals surface area contributed by atoms with E-state index in [9.17, 15) is 9.59 Å². The van der Waals surface area contributed by atoms with Gasteiger partial charge in [-0.3, -0.25) is 9.59 Å². The van der Waals surface area contributed by atoms with E-state index >= 15 is 0 Å². The third-order valence-corrected chi connectivity index (χ3v) is 3.52. The van der Waals surface area contributed by atoms with Crippen LogP contribution in [0.5, 0.6) is 5.75 Å². The fourth-order valence-corrected chi connectivity index (χ4v) is 2.19. The van der Waals surface area contributed by atoms with Crippen molar-refractivity contribution in [1.29, 1.82) is 0 Å². The first kappa shape index (κ1) is 15.3. The van der Waals surface area contributed by atoms with E-state index in [0.29, 0.717) is 5.92 Å². The minimum absolute atomic E-state index is 0.0156. The molecular weight excluding hydrogens is 270 g/mol. The van der Waals surface area contributed by atoms with Crippen molar-refractivity contribution in [1.82, 2.24) is 10.6 Å². The molecule has 21 heavy (non-hydrogen) atoms. The summed E-state index contributed by atoms with van der Waals surface area (Å²) < 4.78 is 5.14. The fourth-order valence-electron chi connectivity index (χ4n) is 2.19. The Morgan fingerprint density at radius 1 is 1.29 bits per heavy atom. The van der Waals surface area contributed by atoms with Crippen LogP contribution in [0.25, 0.3) is 0 Å². The second-order valence-corrected chi connectivity index (χ2v) is 5.14. The molecule has 1 aromatic rings. The first-order chi connectivity index (χ1) is 10.1. The molecular formula is C15H21N3O3. The highest BCUT2D eigenvalue weighted by Gasteiger charge is 2.33. The molecule has 6 nitrogen and oxygen atoms in total. The molecule has 1 aliphatic carbocycles. The Balaban J connectivity index is 1.95. The summed E-state index contributed by atoms with van der Waals surface area (Å²) in [5.41, 5.74) is 6.23. The van der Waals surface area contributed by atoms with Crippen LogP contribution in [0.15, 0.2) is 24.3 Å². The van der Waals surface area contributed by atoms with Crippen molar-refractivity contribution >= 4 is 11.8 Å². The molecule has 114 valence electrons. The van der Waals surface area contributed by atoms with E-state index in [4.69, 9.17) is 10.5 Å². The van der Waals surface area contributed by atoms with Crippen LogP contribution in [-0.2, 0) is 9.59 Å². The largest absolute Gasteiger partial charge is 0.497 e. The van der Waals surface area contributed by atoms with Crippen LogP contribution in [0.2, 0.25) is 0 Å². The van der Waals surface area contributed by atoms with Gasteiger partial charge in [0.25, 0.3) is 0 Å². The van der Waals surface area contributed by atoms with Crippen LogP contribution in [0.3, 0.4) is 0 Å². The number of hydrogen-bond donors (Lipinski definition) is 3. The molecule has 1 unspecified atom stereocenters. The second kappa shape index (κ2) is 7.08. The summed E-state index contributed by atoms with van der Waals surface area (Å²) in [6, 6.07) is 7.67. The Hall–Kier alpha value is -2.08. The van der Waals surface area contributed by atoms with Gasteiger partial charge in [-0.25, -0.2) is 0 Å². The molecule has 1 aromatic carbocycles. The summed E-state index contributed by atoms with van der Waals surface area (Å²) in [5.74, 6) is 0.712. The van der Waals surface area contributed by atoms with Gasteiger partial charge in [0.1, 0.15) is 5.75 Å². The summed E-state index contributed by atoms with van der Waals surface area (Å²) in [4.78, 5) is 23.0. The van der Waals surface area contributed by atoms with Crippen LogP contribution in [0.4, 0.5) is 0 Å². The molecule has 1 saturated carbocycles.